The summed E-state index contributed by atoms with van der Waals surface area (Å²) in [7, 11) is -15.3. The molecule has 1 aliphatic rings. The highest BCUT2D eigenvalue weighted by Crippen LogP contribution is 2.37. The number of nitrogens with one attached hydrogen (secondary N) is 3. The molecule has 0 aliphatic heterocycles. The lowest BCUT2D eigenvalue weighted by Gasteiger charge is -2.22. The highest BCUT2D eigenvalue weighted by molar-refractivity contribution is 7.87. The maximum absolute atomic E-state index is 14.3. The van der Waals surface area contributed by atoms with E-state index in [0.717, 1.165) is 6.07 Å². The van der Waals surface area contributed by atoms with Gasteiger partial charge in [-0.1, -0.05) is 0 Å². The van der Waals surface area contributed by atoms with Crippen LogP contribution in [0.3, 0.4) is 0 Å². The van der Waals surface area contributed by atoms with E-state index < -0.39 is 79.4 Å². The van der Waals surface area contributed by atoms with Gasteiger partial charge < -0.3 is 27.4 Å². The molecule has 0 fully saturated rings. The predicted octanol–water partition coefficient (Wildman–Crippen LogP) is 3.34. The molecular weight excluding hydrogens is 686 g/mol. The number of azo groups is 1. The number of carbonyl (C=O) groups excluding carboxylic acids is 1. The minimum Gasteiger partial charge on any atom is -0.384 e. The molecular formula is C26H28FN7O10S3. The fourth-order valence-electron chi connectivity index (χ4n) is 4.48. The number of benzene rings is 3. The largest absolute Gasteiger partial charge is 0.384 e. The van der Waals surface area contributed by atoms with Crippen molar-refractivity contribution in [1.29, 1.82) is 0 Å². The lowest BCUT2D eigenvalue weighted by molar-refractivity contribution is 0.259. The Hall–Kier alpha value is -4.51. The first-order valence-electron chi connectivity index (χ1n) is 13.2. The van der Waals surface area contributed by atoms with Crippen molar-refractivity contribution in [2.24, 2.45) is 21.7 Å². The van der Waals surface area contributed by atoms with Gasteiger partial charge in [0, 0.05) is 35.8 Å². The van der Waals surface area contributed by atoms with Gasteiger partial charge in [0.2, 0.25) is 0 Å². The summed E-state index contributed by atoms with van der Waals surface area (Å²) in [6.45, 7) is 2.18. The molecule has 4 rings (SSSR count). The number of anilines is 2. The number of hydrogen-bond acceptors (Lipinski definition) is 12. The average Bonchev–Trinajstić information content (AvgIpc) is 2.92. The molecule has 2 amide bonds. The number of rotatable bonds is 11. The maximum atomic E-state index is 14.3. The molecule has 0 spiro atoms. The minimum absolute atomic E-state index is 0.00104. The molecule has 0 saturated carbocycles. The molecule has 10 N–H and O–H groups in total. The quantitative estimate of drug-likeness (QED) is 0.105. The SMILES string of the molecule is CC(N)CNC1=CC(Nc2ccc(N=Nc3cc4c(S(=O)(=O)O)cc(S(=O)(=O)O)cc4cc3S(=O)(=O)O)c(NC(N)=O)c2)CC(F)=C1. The van der Waals surface area contributed by atoms with Gasteiger partial charge in [0.15, 0.2) is 0 Å². The molecule has 2 atom stereocenters. The molecule has 3 aromatic carbocycles. The van der Waals surface area contributed by atoms with Crippen molar-refractivity contribution in [3.8, 4) is 0 Å². The standard InChI is InChI=1S/C26H28FN7O10S3/c1-13(28)12-30-17-6-15(27)7-18(8-17)31-16-2-3-21(22(9-16)32-26(29)35)33-34-23-11-20-14(5-25(23)47(42,43)44)4-19(45(36,37)38)10-24(20)46(39,40)41/h2-6,8-11,13,18,30-31H,7,12,28H2,1H3,(H3,29,32,35)(H,36,37,38)(H,39,40,41)(H,42,43,44). The van der Waals surface area contributed by atoms with E-state index in [9.17, 15) is 48.1 Å². The van der Waals surface area contributed by atoms with Gasteiger partial charge in [-0.05, 0) is 66.9 Å². The van der Waals surface area contributed by atoms with Crippen molar-refractivity contribution in [3.05, 3.63) is 66.1 Å². The Balaban J connectivity index is 1.78. The average molecular weight is 714 g/mol. The number of allylic oxidation sites excluding steroid dienone is 1. The first-order valence-corrected chi connectivity index (χ1v) is 17.5. The van der Waals surface area contributed by atoms with Crippen LogP contribution in [0.2, 0.25) is 0 Å². The van der Waals surface area contributed by atoms with Crippen LogP contribution in [0.4, 0.5) is 31.9 Å². The summed E-state index contributed by atoms with van der Waals surface area (Å²) in [6, 6.07) is 5.00. The van der Waals surface area contributed by atoms with E-state index in [4.69, 9.17) is 11.5 Å². The van der Waals surface area contributed by atoms with Crippen molar-refractivity contribution in [3.63, 3.8) is 0 Å². The van der Waals surface area contributed by atoms with Crippen LogP contribution in [0.15, 0.2) is 91.1 Å². The summed E-state index contributed by atoms with van der Waals surface area (Å²) in [5, 5.41) is 15.2. The highest BCUT2D eigenvalue weighted by Gasteiger charge is 2.25. The number of amides is 2. The van der Waals surface area contributed by atoms with Crippen LogP contribution < -0.4 is 27.4 Å². The van der Waals surface area contributed by atoms with Crippen LogP contribution in [0.1, 0.15) is 13.3 Å². The fourth-order valence-corrected chi connectivity index (χ4v) is 6.46. The Labute approximate surface area is 267 Å². The van der Waals surface area contributed by atoms with Crippen LogP contribution in [0.25, 0.3) is 10.8 Å². The van der Waals surface area contributed by atoms with E-state index in [-0.39, 0.29) is 23.8 Å². The molecule has 0 aromatic heterocycles. The highest BCUT2D eigenvalue weighted by atomic mass is 32.2. The topological polar surface area (TPSA) is 293 Å². The van der Waals surface area contributed by atoms with Crippen LogP contribution in [0, 0.1) is 0 Å². The minimum atomic E-state index is -5.16. The Morgan fingerprint density at radius 1 is 0.957 bits per heavy atom. The smallest absolute Gasteiger partial charge is 0.316 e. The van der Waals surface area contributed by atoms with Crippen molar-refractivity contribution in [1.82, 2.24) is 5.32 Å². The van der Waals surface area contributed by atoms with E-state index in [2.05, 4.69) is 26.2 Å². The van der Waals surface area contributed by atoms with Crippen molar-refractivity contribution in [2.45, 2.75) is 40.1 Å². The summed E-state index contributed by atoms with van der Waals surface area (Å²) < 4.78 is 115. The number of urea groups is 1. The number of hydrogen-bond donors (Lipinski definition) is 8. The Morgan fingerprint density at radius 3 is 2.21 bits per heavy atom. The van der Waals surface area contributed by atoms with E-state index in [1.54, 1.807) is 13.0 Å². The second kappa shape index (κ2) is 13.3. The predicted molar refractivity (Wildman–Crippen MR) is 168 cm³/mol. The van der Waals surface area contributed by atoms with Gasteiger partial charge in [0.1, 0.15) is 27.0 Å². The number of primary amides is 1. The van der Waals surface area contributed by atoms with Crippen LogP contribution >= 0.6 is 0 Å². The summed E-state index contributed by atoms with van der Waals surface area (Å²) in [5.74, 6) is -0.408. The summed E-state index contributed by atoms with van der Waals surface area (Å²) in [5.41, 5.74) is 11.1. The molecule has 0 bridgehead atoms. The molecule has 2 unspecified atom stereocenters. The number of nitrogens with two attached hydrogens (primary N) is 2. The Morgan fingerprint density at radius 2 is 1.62 bits per heavy atom. The van der Waals surface area contributed by atoms with E-state index in [0.29, 0.717) is 36.1 Å². The summed E-state index contributed by atoms with van der Waals surface area (Å²) >= 11 is 0. The molecule has 21 heteroatoms. The number of fused-ring (bicyclic) bond motifs is 1. The Kier molecular flexibility index (Phi) is 10.0. The van der Waals surface area contributed by atoms with Gasteiger partial charge in [0.25, 0.3) is 30.4 Å². The summed E-state index contributed by atoms with van der Waals surface area (Å²) in [4.78, 5) is 8.76. The fraction of sp³-hybridized carbons (Fsp3) is 0.192. The van der Waals surface area contributed by atoms with E-state index in [1.807, 2.05) is 0 Å². The number of carbonyl (C=O) groups is 1. The molecule has 47 heavy (non-hydrogen) atoms. The van der Waals surface area contributed by atoms with Gasteiger partial charge in [0.05, 0.1) is 16.6 Å². The normalized spacial score (nSPS) is 16.4. The number of nitrogens with zero attached hydrogens (tertiary/aromatic N) is 2. The van der Waals surface area contributed by atoms with Gasteiger partial charge >= 0.3 is 6.03 Å². The Bertz CT molecular complexity index is 2190. The zero-order valence-corrected chi connectivity index (χ0v) is 26.6. The molecule has 0 saturated heterocycles. The van der Waals surface area contributed by atoms with Gasteiger partial charge in [-0.15, -0.1) is 10.2 Å². The third kappa shape index (κ3) is 9.06. The third-order valence-corrected chi connectivity index (χ3v) is 9.04. The second-order valence-corrected chi connectivity index (χ2v) is 14.5. The molecule has 252 valence electrons. The first kappa shape index (κ1) is 35.3. The van der Waals surface area contributed by atoms with Gasteiger partial charge in [-0.3, -0.25) is 13.7 Å². The second-order valence-electron chi connectivity index (χ2n) is 10.3. The van der Waals surface area contributed by atoms with Crippen molar-refractivity contribution < 1.29 is 48.1 Å². The monoisotopic (exact) mass is 713 g/mol. The lowest BCUT2D eigenvalue weighted by Crippen LogP contribution is -2.32. The lowest BCUT2D eigenvalue weighted by atomic mass is 10.0. The third-order valence-electron chi connectivity index (χ3n) is 6.43. The molecule has 1 aliphatic carbocycles. The summed E-state index contributed by atoms with van der Waals surface area (Å²) in [6.07, 6.45) is 3.07. The van der Waals surface area contributed by atoms with E-state index >= 15 is 0 Å². The van der Waals surface area contributed by atoms with E-state index in [1.165, 1.54) is 24.3 Å². The number of halogens is 1. The van der Waals surface area contributed by atoms with Gasteiger partial charge in [-0.25, -0.2) is 9.18 Å². The van der Waals surface area contributed by atoms with Gasteiger partial charge in [-0.2, -0.15) is 25.3 Å². The van der Waals surface area contributed by atoms with Crippen molar-refractivity contribution in [2.75, 3.05) is 17.2 Å². The molecule has 0 heterocycles. The van der Waals surface area contributed by atoms with Crippen LogP contribution in [-0.4, -0.2) is 63.6 Å². The maximum Gasteiger partial charge on any atom is 0.316 e. The zero-order valence-electron chi connectivity index (χ0n) is 24.1. The molecule has 3 aromatic rings. The first-order chi connectivity index (χ1) is 21.7. The molecule has 0 radical (unpaired) electrons. The molecule has 17 nitrogen and oxygen atoms in total. The van der Waals surface area contributed by atoms with Crippen LogP contribution in [0.5, 0.6) is 0 Å². The van der Waals surface area contributed by atoms with Crippen molar-refractivity contribution >= 4 is 69.9 Å². The van der Waals surface area contributed by atoms with Crippen LogP contribution in [-0.2, 0) is 30.4 Å². The zero-order chi connectivity index (χ0) is 34.9.